The van der Waals surface area contributed by atoms with Crippen LogP contribution in [0.4, 0.5) is 0 Å². The second kappa shape index (κ2) is 6.74. The molecule has 2 fully saturated rings. The molecule has 1 amide bonds. The Kier molecular flexibility index (Phi) is 5.26. The van der Waals surface area contributed by atoms with Crippen LogP contribution in [-0.2, 0) is 4.79 Å². The smallest absolute Gasteiger partial charge is 0.236 e. The molecule has 1 atom stereocenters. The molecule has 3 nitrogen and oxygen atoms in total. The van der Waals surface area contributed by atoms with E-state index in [0.717, 1.165) is 19.0 Å². The maximum atomic E-state index is 12.3. The number of nitrogens with zero attached hydrogens (tertiary/aromatic N) is 2. The summed E-state index contributed by atoms with van der Waals surface area (Å²) in [7, 11) is 2.13. The fraction of sp³-hybridized carbons (Fsp3) is 0.938. The lowest BCUT2D eigenvalue weighted by Crippen LogP contribution is -2.46. The van der Waals surface area contributed by atoms with Crippen molar-refractivity contribution in [2.45, 2.75) is 58.4 Å². The number of carbonyl (C=O) groups excluding carboxylic acids is 1. The quantitative estimate of drug-likeness (QED) is 0.784. The zero-order chi connectivity index (χ0) is 13.8. The Balaban J connectivity index is 1.78. The Bertz CT molecular complexity index is 297. The molecule has 1 aliphatic carbocycles. The Morgan fingerprint density at radius 3 is 2.42 bits per heavy atom. The van der Waals surface area contributed by atoms with Gasteiger partial charge in [-0.15, -0.1) is 0 Å². The predicted octanol–water partition coefficient (Wildman–Crippen LogP) is 2.76. The highest BCUT2D eigenvalue weighted by atomic mass is 16.2. The zero-order valence-corrected chi connectivity index (χ0v) is 12.9. The van der Waals surface area contributed by atoms with Gasteiger partial charge in [0.05, 0.1) is 6.54 Å². The number of rotatable bonds is 3. The average molecular weight is 266 g/mol. The van der Waals surface area contributed by atoms with E-state index in [9.17, 15) is 4.79 Å². The molecule has 1 saturated carbocycles. The highest BCUT2D eigenvalue weighted by Crippen LogP contribution is 2.26. The molecule has 1 heterocycles. The van der Waals surface area contributed by atoms with Gasteiger partial charge in [-0.1, -0.05) is 13.8 Å². The average Bonchev–Trinajstić information content (AvgIpc) is 2.39. The molecule has 0 aromatic rings. The molecule has 3 heteroatoms. The zero-order valence-electron chi connectivity index (χ0n) is 12.9. The minimum Gasteiger partial charge on any atom is -0.341 e. The summed E-state index contributed by atoms with van der Waals surface area (Å²) in [6.45, 7) is 7.15. The van der Waals surface area contributed by atoms with Crippen molar-refractivity contribution in [1.29, 1.82) is 0 Å². The molecule has 0 aromatic heterocycles. The molecule has 0 bridgehead atoms. The van der Waals surface area contributed by atoms with Crippen LogP contribution < -0.4 is 0 Å². The number of likely N-dealkylation sites (N-methyl/N-ethyl adjacent to an activating group) is 1. The van der Waals surface area contributed by atoms with E-state index < -0.39 is 0 Å². The van der Waals surface area contributed by atoms with E-state index in [0.29, 0.717) is 24.4 Å². The number of piperidine rings is 1. The third kappa shape index (κ3) is 4.20. The van der Waals surface area contributed by atoms with Crippen LogP contribution in [0.3, 0.4) is 0 Å². The molecule has 0 aromatic carbocycles. The van der Waals surface area contributed by atoms with Crippen LogP contribution in [0.1, 0.15) is 52.4 Å². The summed E-state index contributed by atoms with van der Waals surface area (Å²) < 4.78 is 0. The molecule has 2 rings (SSSR count). The van der Waals surface area contributed by atoms with Crippen LogP contribution in [-0.4, -0.2) is 48.4 Å². The van der Waals surface area contributed by atoms with E-state index in [1.807, 2.05) is 0 Å². The predicted molar refractivity (Wildman–Crippen MR) is 79.0 cm³/mol. The third-order valence-electron chi connectivity index (χ3n) is 5.00. The standard InChI is InChI=1S/C16H30N2O/c1-13-6-8-15(9-7-13)17(3)12-16(19)18-10-4-5-14(2)11-18/h13-15H,4-12H2,1-3H3. The van der Waals surface area contributed by atoms with Gasteiger partial charge in [-0.25, -0.2) is 0 Å². The van der Waals surface area contributed by atoms with Crippen molar-refractivity contribution in [3.8, 4) is 0 Å². The summed E-state index contributed by atoms with van der Waals surface area (Å²) in [5.41, 5.74) is 0. The first-order valence-electron chi connectivity index (χ1n) is 8.04. The van der Waals surface area contributed by atoms with Gasteiger partial charge in [0.2, 0.25) is 5.91 Å². The summed E-state index contributed by atoms with van der Waals surface area (Å²) in [6.07, 6.45) is 7.63. The summed E-state index contributed by atoms with van der Waals surface area (Å²) in [5, 5.41) is 0. The van der Waals surface area contributed by atoms with E-state index in [2.05, 4.69) is 30.7 Å². The van der Waals surface area contributed by atoms with Gasteiger partial charge in [0.1, 0.15) is 0 Å². The minimum atomic E-state index is 0.340. The van der Waals surface area contributed by atoms with Gasteiger partial charge >= 0.3 is 0 Å². The van der Waals surface area contributed by atoms with Crippen LogP contribution >= 0.6 is 0 Å². The Morgan fingerprint density at radius 2 is 1.79 bits per heavy atom. The molecule has 110 valence electrons. The van der Waals surface area contributed by atoms with Crippen LogP contribution in [0.2, 0.25) is 0 Å². The summed E-state index contributed by atoms with van der Waals surface area (Å²) in [4.78, 5) is 16.7. The number of hydrogen-bond acceptors (Lipinski definition) is 2. The van der Waals surface area contributed by atoms with E-state index in [1.54, 1.807) is 0 Å². The van der Waals surface area contributed by atoms with Crippen molar-refractivity contribution < 1.29 is 4.79 Å². The molecule has 1 aliphatic heterocycles. The Morgan fingerprint density at radius 1 is 1.11 bits per heavy atom. The first kappa shape index (κ1) is 14.8. The molecule has 19 heavy (non-hydrogen) atoms. The van der Waals surface area contributed by atoms with Crippen LogP contribution in [0.5, 0.6) is 0 Å². The van der Waals surface area contributed by atoms with Gasteiger partial charge in [0, 0.05) is 19.1 Å². The highest BCUT2D eigenvalue weighted by molar-refractivity contribution is 5.78. The van der Waals surface area contributed by atoms with Crippen molar-refractivity contribution in [2.75, 3.05) is 26.7 Å². The fourth-order valence-electron chi connectivity index (χ4n) is 3.54. The first-order valence-corrected chi connectivity index (χ1v) is 8.04. The first-order chi connectivity index (χ1) is 9.06. The summed E-state index contributed by atoms with van der Waals surface area (Å²) in [6, 6.07) is 0.627. The maximum Gasteiger partial charge on any atom is 0.236 e. The SMILES string of the molecule is CC1CCC(N(C)CC(=O)N2CCCC(C)C2)CC1. The van der Waals surface area contributed by atoms with Gasteiger partial charge < -0.3 is 4.90 Å². The molecular weight excluding hydrogens is 236 g/mol. The number of carbonyl (C=O) groups is 1. The molecule has 1 saturated heterocycles. The lowest BCUT2D eigenvalue weighted by Gasteiger charge is -2.36. The van der Waals surface area contributed by atoms with E-state index >= 15 is 0 Å². The lowest BCUT2D eigenvalue weighted by molar-refractivity contribution is -0.134. The van der Waals surface area contributed by atoms with Crippen molar-refractivity contribution in [1.82, 2.24) is 9.80 Å². The minimum absolute atomic E-state index is 0.340. The second-order valence-electron chi connectivity index (χ2n) is 6.92. The lowest BCUT2D eigenvalue weighted by atomic mass is 9.87. The Labute approximate surface area is 118 Å². The number of likely N-dealkylation sites (tertiary alicyclic amines) is 1. The fourth-order valence-corrected chi connectivity index (χ4v) is 3.54. The van der Waals surface area contributed by atoms with E-state index in [4.69, 9.17) is 0 Å². The van der Waals surface area contributed by atoms with E-state index in [1.165, 1.54) is 38.5 Å². The van der Waals surface area contributed by atoms with Crippen molar-refractivity contribution >= 4 is 5.91 Å². The molecule has 0 radical (unpaired) electrons. The summed E-state index contributed by atoms with van der Waals surface area (Å²) >= 11 is 0. The largest absolute Gasteiger partial charge is 0.341 e. The van der Waals surface area contributed by atoms with Gasteiger partial charge in [-0.3, -0.25) is 9.69 Å². The van der Waals surface area contributed by atoms with Crippen LogP contribution in [0.15, 0.2) is 0 Å². The maximum absolute atomic E-state index is 12.3. The molecular formula is C16H30N2O. The van der Waals surface area contributed by atoms with Crippen molar-refractivity contribution in [3.05, 3.63) is 0 Å². The second-order valence-corrected chi connectivity index (χ2v) is 6.92. The topological polar surface area (TPSA) is 23.6 Å². The van der Waals surface area contributed by atoms with Crippen LogP contribution in [0.25, 0.3) is 0 Å². The van der Waals surface area contributed by atoms with Gasteiger partial charge in [-0.05, 0) is 57.4 Å². The number of hydrogen-bond donors (Lipinski definition) is 0. The van der Waals surface area contributed by atoms with Crippen molar-refractivity contribution in [2.24, 2.45) is 11.8 Å². The molecule has 2 aliphatic rings. The van der Waals surface area contributed by atoms with Gasteiger partial charge in [0.15, 0.2) is 0 Å². The highest BCUT2D eigenvalue weighted by Gasteiger charge is 2.26. The molecule has 0 N–H and O–H groups in total. The summed E-state index contributed by atoms with van der Waals surface area (Å²) in [5.74, 6) is 1.90. The monoisotopic (exact) mass is 266 g/mol. The Hall–Kier alpha value is -0.570. The van der Waals surface area contributed by atoms with Gasteiger partial charge in [-0.2, -0.15) is 0 Å². The van der Waals surface area contributed by atoms with Crippen molar-refractivity contribution in [3.63, 3.8) is 0 Å². The normalized spacial score (nSPS) is 32.6. The number of amides is 1. The van der Waals surface area contributed by atoms with Gasteiger partial charge in [0.25, 0.3) is 0 Å². The van der Waals surface area contributed by atoms with Crippen LogP contribution in [0, 0.1) is 11.8 Å². The third-order valence-corrected chi connectivity index (χ3v) is 5.00. The molecule has 1 unspecified atom stereocenters. The van der Waals surface area contributed by atoms with E-state index in [-0.39, 0.29) is 0 Å². The molecule has 0 spiro atoms.